The number of hydrogen-bond acceptors (Lipinski definition) is 3. The van der Waals surface area contributed by atoms with Crippen molar-refractivity contribution in [3.63, 3.8) is 0 Å². The van der Waals surface area contributed by atoms with Gasteiger partial charge < -0.3 is 10.1 Å². The molecule has 2 rings (SSSR count). The number of hydrogen-bond donors (Lipinski definition) is 1. The molecule has 1 unspecified atom stereocenters. The van der Waals surface area contributed by atoms with E-state index in [1.54, 1.807) is 6.92 Å². The third-order valence-corrected chi connectivity index (χ3v) is 3.91. The number of carbonyl (C=O) groups is 2. The molecule has 120 valence electrons. The number of esters is 1. The van der Waals surface area contributed by atoms with Crippen molar-refractivity contribution in [2.45, 2.75) is 12.8 Å². The first-order chi connectivity index (χ1) is 10.9. The molecule has 6 heteroatoms. The van der Waals surface area contributed by atoms with E-state index in [-0.39, 0.29) is 22.2 Å². The minimum Gasteiger partial charge on any atom is -0.465 e. The fourth-order valence-corrected chi connectivity index (χ4v) is 2.69. The lowest BCUT2D eigenvalue weighted by Gasteiger charge is -2.15. The van der Waals surface area contributed by atoms with Crippen LogP contribution in [0.3, 0.4) is 0 Å². The molecule has 23 heavy (non-hydrogen) atoms. The molecular formula is C17H15Cl2NO3. The summed E-state index contributed by atoms with van der Waals surface area (Å²) in [5.41, 5.74) is 1.16. The van der Waals surface area contributed by atoms with Crippen LogP contribution in [0.2, 0.25) is 10.0 Å². The van der Waals surface area contributed by atoms with E-state index in [1.807, 2.05) is 30.3 Å². The molecule has 0 saturated heterocycles. The Morgan fingerprint density at radius 2 is 1.78 bits per heavy atom. The van der Waals surface area contributed by atoms with Crippen LogP contribution in [0.1, 0.15) is 28.8 Å². The molecule has 0 aliphatic carbocycles. The van der Waals surface area contributed by atoms with Crippen LogP contribution < -0.4 is 5.32 Å². The van der Waals surface area contributed by atoms with E-state index in [9.17, 15) is 9.59 Å². The standard InChI is InChI=1S/C17H15Cl2NO3/c1-10(11-6-4-3-5-7-11)16(21)20-14-9-12(18)8-13(19)15(14)17(22)23-2/h3-10H,1-2H3,(H,20,21). The Kier molecular flexibility index (Phi) is 5.64. The van der Waals surface area contributed by atoms with Crippen molar-refractivity contribution in [1.29, 1.82) is 0 Å². The molecule has 0 aromatic heterocycles. The molecule has 4 nitrogen and oxygen atoms in total. The Morgan fingerprint density at radius 1 is 1.13 bits per heavy atom. The highest BCUT2D eigenvalue weighted by molar-refractivity contribution is 6.37. The first-order valence-electron chi connectivity index (χ1n) is 6.87. The molecule has 0 bridgehead atoms. The van der Waals surface area contributed by atoms with Gasteiger partial charge in [-0.2, -0.15) is 0 Å². The Labute approximate surface area is 144 Å². The van der Waals surface area contributed by atoms with Crippen LogP contribution in [0.5, 0.6) is 0 Å². The van der Waals surface area contributed by atoms with E-state index in [0.29, 0.717) is 5.02 Å². The highest BCUT2D eigenvalue weighted by Gasteiger charge is 2.22. The normalized spacial score (nSPS) is 11.7. The summed E-state index contributed by atoms with van der Waals surface area (Å²) >= 11 is 12.0. The van der Waals surface area contributed by atoms with Crippen molar-refractivity contribution >= 4 is 40.8 Å². The second-order valence-corrected chi connectivity index (χ2v) is 5.77. The second kappa shape index (κ2) is 7.49. The van der Waals surface area contributed by atoms with Gasteiger partial charge in [-0.05, 0) is 24.6 Å². The highest BCUT2D eigenvalue weighted by Crippen LogP contribution is 2.30. The van der Waals surface area contributed by atoms with Gasteiger partial charge in [0, 0.05) is 5.02 Å². The summed E-state index contributed by atoms with van der Waals surface area (Å²) in [6.45, 7) is 1.77. The summed E-state index contributed by atoms with van der Waals surface area (Å²) in [4.78, 5) is 24.3. The third kappa shape index (κ3) is 4.03. The minimum absolute atomic E-state index is 0.0761. The van der Waals surface area contributed by atoms with Crippen molar-refractivity contribution in [2.24, 2.45) is 0 Å². The Morgan fingerprint density at radius 3 is 2.39 bits per heavy atom. The Balaban J connectivity index is 2.32. The van der Waals surface area contributed by atoms with Crippen LogP contribution in [-0.4, -0.2) is 19.0 Å². The monoisotopic (exact) mass is 351 g/mol. The van der Waals surface area contributed by atoms with Gasteiger partial charge in [-0.1, -0.05) is 53.5 Å². The van der Waals surface area contributed by atoms with Gasteiger partial charge in [-0.3, -0.25) is 4.79 Å². The molecule has 0 spiro atoms. The summed E-state index contributed by atoms with van der Waals surface area (Å²) < 4.78 is 4.71. The zero-order chi connectivity index (χ0) is 17.0. The van der Waals surface area contributed by atoms with Gasteiger partial charge in [0.2, 0.25) is 5.91 Å². The fraction of sp³-hybridized carbons (Fsp3) is 0.176. The van der Waals surface area contributed by atoms with Crippen molar-refractivity contribution in [1.82, 2.24) is 0 Å². The van der Waals surface area contributed by atoms with Crippen LogP contribution in [0, 0.1) is 0 Å². The smallest absolute Gasteiger partial charge is 0.341 e. The first-order valence-corrected chi connectivity index (χ1v) is 7.62. The number of halogens is 2. The van der Waals surface area contributed by atoms with Crippen LogP contribution >= 0.6 is 23.2 Å². The molecule has 2 aromatic rings. The number of amides is 1. The molecule has 0 heterocycles. The number of anilines is 1. The fourth-order valence-electron chi connectivity index (χ4n) is 2.12. The summed E-state index contributed by atoms with van der Waals surface area (Å²) in [7, 11) is 1.24. The maximum Gasteiger partial charge on any atom is 0.341 e. The zero-order valence-electron chi connectivity index (χ0n) is 12.6. The van der Waals surface area contributed by atoms with Crippen LogP contribution in [0.4, 0.5) is 5.69 Å². The number of benzene rings is 2. The van der Waals surface area contributed by atoms with Gasteiger partial charge in [0.1, 0.15) is 5.56 Å². The van der Waals surface area contributed by atoms with Crippen molar-refractivity contribution < 1.29 is 14.3 Å². The van der Waals surface area contributed by atoms with Crippen LogP contribution in [0.25, 0.3) is 0 Å². The number of methoxy groups -OCH3 is 1. The van der Waals surface area contributed by atoms with Crippen molar-refractivity contribution in [2.75, 3.05) is 12.4 Å². The molecule has 0 radical (unpaired) electrons. The number of ether oxygens (including phenoxy) is 1. The maximum absolute atomic E-state index is 12.4. The molecule has 1 amide bonds. The van der Waals surface area contributed by atoms with E-state index >= 15 is 0 Å². The number of nitrogens with one attached hydrogen (secondary N) is 1. The average Bonchev–Trinajstić information content (AvgIpc) is 2.53. The molecule has 0 fully saturated rings. The zero-order valence-corrected chi connectivity index (χ0v) is 14.1. The molecule has 0 aliphatic rings. The second-order valence-electron chi connectivity index (χ2n) is 4.92. The van der Waals surface area contributed by atoms with Gasteiger partial charge in [-0.25, -0.2) is 4.79 Å². The topological polar surface area (TPSA) is 55.4 Å². The summed E-state index contributed by atoms with van der Waals surface area (Å²) in [6.07, 6.45) is 0. The Bertz CT molecular complexity index is 732. The summed E-state index contributed by atoms with van der Waals surface area (Å²) in [5.74, 6) is -1.33. The molecular weight excluding hydrogens is 337 g/mol. The molecule has 0 saturated carbocycles. The predicted molar refractivity (Wildman–Crippen MR) is 91.3 cm³/mol. The van der Waals surface area contributed by atoms with Crippen LogP contribution in [-0.2, 0) is 9.53 Å². The summed E-state index contributed by atoms with van der Waals surface area (Å²) in [6, 6.07) is 12.2. The number of rotatable bonds is 4. The van der Waals surface area contributed by atoms with Crippen molar-refractivity contribution in [3.8, 4) is 0 Å². The van der Waals surface area contributed by atoms with E-state index in [2.05, 4.69) is 5.32 Å². The van der Waals surface area contributed by atoms with E-state index < -0.39 is 11.9 Å². The van der Waals surface area contributed by atoms with Gasteiger partial charge in [0.25, 0.3) is 0 Å². The molecule has 0 aliphatic heterocycles. The largest absolute Gasteiger partial charge is 0.465 e. The third-order valence-electron chi connectivity index (χ3n) is 3.40. The average molecular weight is 352 g/mol. The van der Waals surface area contributed by atoms with Crippen LogP contribution in [0.15, 0.2) is 42.5 Å². The lowest BCUT2D eigenvalue weighted by molar-refractivity contribution is -0.117. The van der Waals surface area contributed by atoms with Gasteiger partial charge in [0.05, 0.1) is 23.7 Å². The Hall–Kier alpha value is -2.04. The first kappa shape index (κ1) is 17.3. The van der Waals surface area contributed by atoms with Gasteiger partial charge in [0.15, 0.2) is 0 Å². The van der Waals surface area contributed by atoms with Gasteiger partial charge in [-0.15, -0.1) is 0 Å². The van der Waals surface area contributed by atoms with Crippen molar-refractivity contribution in [3.05, 3.63) is 63.6 Å². The predicted octanol–water partition coefficient (Wildman–Crippen LogP) is 4.52. The van der Waals surface area contributed by atoms with E-state index in [0.717, 1.165) is 5.56 Å². The summed E-state index contributed by atoms with van der Waals surface area (Å²) in [5, 5.41) is 3.13. The lowest BCUT2D eigenvalue weighted by atomic mass is 10.00. The number of carbonyl (C=O) groups excluding carboxylic acids is 2. The molecule has 1 N–H and O–H groups in total. The SMILES string of the molecule is COC(=O)c1c(Cl)cc(Cl)cc1NC(=O)C(C)c1ccccc1. The molecule has 1 atom stereocenters. The van der Waals surface area contributed by atoms with Gasteiger partial charge >= 0.3 is 5.97 Å². The lowest BCUT2D eigenvalue weighted by Crippen LogP contribution is -2.21. The van der Waals surface area contributed by atoms with E-state index in [1.165, 1.54) is 19.2 Å². The minimum atomic E-state index is -0.644. The maximum atomic E-state index is 12.4. The quantitative estimate of drug-likeness (QED) is 0.823. The van der Waals surface area contributed by atoms with E-state index in [4.69, 9.17) is 27.9 Å². The molecule has 2 aromatic carbocycles. The highest BCUT2D eigenvalue weighted by atomic mass is 35.5.